The number of nitrogens with one attached hydrogen (secondary N) is 1. The number of benzene rings is 2. The van der Waals surface area contributed by atoms with Gasteiger partial charge in [-0.1, -0.05) is 35.4 Å². The van der Waals surface area contributed by atoms with Crippen molar-refractivity contribution in [2.45, 2.75) is 20.3 Å². The average molecular weight is 425 g/mol. The maximum atomic E-state index is 12.1. The number of nitrogens with zero attached hydrogens (tertiary/aromatic N) is 1. The van der Waals surface area contributed by atoms with Crippen LogP contribution >= 0.6 is 11.6 Å². The largest absolute Gasteiger partial charge is 0.465 e. The smallest absolute Gasteiger partial charge is 0.339 e. The second-order valence-corrected chi connectivity index (χ2v) is 7.20. The third-order valence-electron chi connectivity index (χ3n) is 4.52. The molecule has 0 atom stereocenters. The third kappa shape index (κ3) is 5.15. The highest BCUT2D eigenvalue weighted by molar-refractivity contribution is 6.33. The van der Waals surface area contributed by atoms with E-state index in [1.54, 1.807) is 30.3 Å². The summed E-state index contributed by atoms with van der Waals surface area (Å²) < 4.78 is 10.4. The Balaban J connectivity index is 1.65. The Morgan fingerprint density at radius 1 is 1.13 bits per heavy atom. The molecular weight excluding hydrogens is 404 g/mol. The van der Waals surface area contributed by atoms with Gasteiger partial charge in [-0.3, -0.25) is 4.79 Å². The lowest BCUT2D eigenvalue weighted by Crippen LogP contribution is -2.20. The van der Waals surface area contributed by atoms with Crippen LogP contribution in [0.2, 0.25) is 5.02 Å². The van der Waals surface area contributed by atoms with Crippen LogP contribution in [0.3, 0.4) is 0 Å². The molecular formula is C23H21ClN2O4. The molecule has 154 valence electrons. The molecule has 3 rings (SSSR count). The van der Waals surface area contributed by atoms with Crippen molar-refractivity contribution in [2.75, 3.05) is 7.11 Å². The van der Waals surface area contributed by atoms with Crippen molar-refractivity contribution >= 4 is 29.7 Å². The van der Waals surface area contributed by atoms with Gasteiger partial charge in [0.1, 0.15) is 11.5 Å². The van der Waals surface area contributed by atoms with E-state index in [-0.39, 0.29) is 17.9 Å². The molecule has 0 saturated carbocycles. The second kappa shape index (κ2) is 9.41. The van der Waals surface area contributed by atoms with Gasteiger partial charge < -0.3 is 9.15 Å². The van der Waals surface area contributed by atoms with E-state index in [1.807, 2.05) is 32.0 Å². The lowest BCUT2D eigenvalue weighted by Gasteiger charge is -2.05. The number of hydrogen-bond donors (Lipinski definition) is 1. The lowest BCUT2D eigenvalue weighted by atomic mass is 10.0. The van der Waals surface area contributed by atoms with Gasteiger partial charge in [-0.2, -0.15) is 5.10 Å². The average Bonchev–Trinajstić information content (AvgIpc) is 3.19. The van der Waals surface area contributed by atoms with Gasteiger partial charge in [0.05, 0.1) is 30.3 Å². The summed E-state index contributed by atoms with van der Waals surface area (Å²) in [6.07, 6.45) is 1.66. The van der Waals surface area contributed by atoms with E-state index in [4.69, 9.17) is 20.8 Å². The summed E-state index contributed by atoms with van der Waals surface area (Å²) in [5.74, 6) is 0.237. The predicted molar refractivity (Wildman–Crippen MR) is 116 cm³/mol. The normalized spacial score (nSPS) is 10.9. The van der Waals surface area contributed by atoms with Gasteiger partial charge in [-0.05, 0) is 55.3 Å². The highest BCUT2D eigenvalue weighted by atomic mass is 35.5. The lowest BCUT2D eigenvalue weighted by molar-refractivity contribution is -0.120. The minimum atomic E-state index is -0.526. The first-order chi connectivity index (χ1) is 14.4. The topological polar surface area (TPSA) is 80.9 Å². The van der Waals surface area contributed by atoms with Crippen LogP contribution in [0.1, 0.15) is 32.8 Å². The van der Waals surface area contributed by atoms with Gasteiger partial charge in [-0.25, -0.2) is 10.2 Å². The number of halogens is 1. The van der Waals surface area contributed by atoms with Crippen molar-refractivity contribution < 1.29 is 18.7 Å². The van der Waals surface area contributed by atoms with E-state index in [0.29, 0.717) is 22.1 Å². The maximum Gasteiger partial charge on any atom is 0.339 e. The number of esters is 1. The number of ether oxygens (including phenoxy) is 1. The first-order valence-corrected chi connectivity index (χ1v) is 9.61. The van der Waals surface area contributed by atoms with E-state index in [1.165, 1.54) is 13.3 Å². The Morgan fingerprint density at radius 3 is 2.70 bits per heavy atom. The standard InChI is InChI=1S/C23H21ClN2O4/c1-14-4-5-15(2)17(10-14)12-22(27)26-25-13-18-7-9-21(30-18)16-6-8-20(24)19(11-16)23(28)29-3/h4-11,13H,12H2,1-3H3,(H,26,27)/b25-13-. The van der Waals surface area contributed by atoms with Gasteiger partial charge >= 0.3 is 5.97 Å². The zero-order valence-electron chi connectivity index (χ0n) is 16.9. The van der Waals surface area contributed by atoms with Crippen LogP contribution in [-0.2, 0) is 16.0 Å². The van der Waals surface area contributed by atoms with Crippen LogP contribution in [0.25, 0.3) is 11.3 Å². The number of carbonyl (C=O) groups is 2. The SMILES string of the molecule is COC(=O)c1cc(-c2ccc(/C=N\NC(=O)Cc3cc(C)ccc3C)o2)ccc1Cl. The van der Waals surface area contributed by atoms with E-state index in [9.17, 15) is 9.59 Å². The van der Waals surface area contributed by atoms with Gasteiger partial charge in [-0.15, -0.1) is 0 Å². The number of methoxy groups -OCH3 is 1. The van der Waals surface area contributed by atoms with Crippen LogP contribution in [0.5, 0.6) is 0 Å². The number of hydrogen-bond acceptors (Lipinski definition) is 5. The van der Waals surface area contributed by atoms with Crippen molar-refractivity contribution in [3.63, 3.8) is 0 Å². The molecule has 1 aromatic heterocycles. The monoisotopic (exact) mass is 424 g/mol. The minimum absolute atomic E-state index is 0.216. The molecule has 7 heteroatoms. The van der Waals surface area contributed by atoms with E-state index in [2.05, 4.69) is 10.5 Å². The summed E-state index contributed by atoms with van der Waals surface area (Å²) >= 11 is 6.04. The summed E-state index contributed by atoms with van der Waals surface area (Å²) in [5, 5.41) is 4.25. The molecule has 0 unspecified atom stereocenters. The Labute approximate surface area is 179 Å². The number of furan rings is 1. The molecule has 0 aliphatic carbocycles. The molecule has 0 saturated heterocycles. The van der Waals surface area contributed by atoms with Crippen LogP contribution < -0.4 is 5.43 Å². The molecule has 0 aliphatic rings. The molecule has 6 nitrogen and oxygen atoms in total. The fourth-order valence-electron chi connectivity index (χ4n) is 2.89. The van der Waals surface area contributed by atoms with Crippen molar-refractivity contribution in [1.29, 1.82) is 0 Å². The van der Waals surface area contributed by atoms with Gasteiger partial charge in [0, 0.05) is 5.56 Å². The van der Waals surface area contributed by atoms with Crippen LogP contribution in [0.4, 0.5) is 0 Å². The molecule has 0 radical (unpaired) electrons. The van der Waals surface area contributed by atoms with Gasteiger partial charge in [0.15, 0.2) is 0 Å². The molecule has 3 aromatic rings. The Bertz CT molecular complexity index is 1120. The summed E-state index contributed by atoms with van der Waals surface area (Å²) in [6.45, 7) is 3.96. The van der Waals surface area contributed by atoms with Crippen LogP contribution in [0.15, 0.2) is 58.0 Å². The molecule has 0 bridgehead atoms. The van der Waals surface area contributed by atoms with Crippen LogP contribution in [-0.4, -0.2) is 25.2 Å². The summed E-state index contributed by atoms with van der Waals surface area (Å²) in [5.41, 5.74) is 6.55. The van der Waals surface area contributed by atoms with Crippen LogP contribution in [0, 0.1) is 13.8 Å². The Morgan fingerprint density at radius 2 is 1.93 bits per heavy atom. The molecule has 30 heavy (non-hydrogen) atoms. The van der Waals surface area contributed by atoms with Crippen molar-refractivity contribution in [3.8, 4) is 11.3 Å². The van der Waals surface area contributed by atoms with Crippen molar-refractivity contribution in [1.82, 2.24) is 5.43 Å². The maximum absolute atomic E-state index is 12.1. The third-order valence-corrected chi connectivity index (χ3v) is 4.85. The highest BCUT2D eigenvalue weighted by Gasteiger charge is 2.13. The van der Waals surface area contributed by atoms with Crippen molar-refractivity contribution in [3.05, 3.63) is 81.6 Å². The summed E-state index contributed by atoms with van der Waals surface area (Å²) in [4.78, 5) is 23.9. The molecule has 0 spiro atoms. The number of rotatable bonds is 6. The first-order valence-electron chi connectivity index (χ1n) is 9.23. The molecule has 0 fully saturated rings. The fourth-order valence-corrected chi connectivity index (χ4v) is 3.09. The number of hydrazone groups is 1. The van der Waals surface area contributed by atoms with E-state index >= 15 is 0 Å². The Hall–Kier alpha value is -3.38. The number of amides is 1. The second-order valence-electron chi connectivity index (χ2n) is 6.79. The van der Waals surface area contributed by atoms with Gasteiger partial charge in [0.2, 0.25) is 5.91 Å². The predicted octanol–water partition coefficient (Wildman–Crippen LogP) is 4.70. The molecule has 0 aliphatic heterocycles. The molecule has 1 heterocycles. The number of aryl methyl sites for hydroxylation is 2. The van der Waals surface area contributed by atoms with E-state index < -0.39 is 5.97 Å². The zero-order chi connectivity index (χ0) is 21.7. The van der Waals surface area contributed by atoms with Gasteiger partial charge in [0.25, 0.3) is 0 Å². The number of carbonyl (C=O) groups excluding carboxylic acids is 2. The molecule has 1 N–H and O–H groups in total. The highest BCUT2D eigenvalue weighted by Crippen LogP contribution is 2.27. The van der Waals surface area contributed by atoms with E-state index in [0.717, 1.165) is 16.7 Å². The summed E-state index contributed by atoms with van der Waals surface area (Å²) in [7, 11) is 1.29. The van der Waals surface area contributed by atoms with Crippen molar-refractivity contribution in [2.24, 2.45) is 5.10 Å². The quantitative estimate of drug-likeness (QED) is 0.353. The summed E-state index contributed by atoms with van der Waals surface area (Å²) in [6, 6.07) is 14.4. The molecule has 2 aromatic carbocycles. The fraction of sp³-hybridized carbons (Fsp3) is 0.174. The first kappa shape index (κ1) is 21.3. The Kier molecular flexibility index (Phi) is 6.69. The zero-order valence-corrected chi connectivity index (χ0v) is 17.6. The molecule has 1 amide bonds. The minimum Gasteiger partial charge on any atom is -0.465 e.